The number of hydrogen-bond acceptors (Lipinski definition) is 6. The normalized spacial score (nSPS) is 18.3. The van der Waals surface area contributed by atoms with Gasteiger partial charge in [0.2, 0.25) is 16.1 Å². The zero-order valence-corrected chi connectivity index (χ0v) is 13.3. The van der Waals surface area contributed by atoms with Gasteiger partial charge in [-0.25, -0.2) is 13.2 Å². The standard InChI is InChI=1S/C13H14ClNO6S/c1-15(8-12(16)21-11-6-7-20-13(11)17)22(18,19)10-4-2-9(14)3-5-10/h2-5,11H,6-8H2,1H3/t11-/m1/s1. The zero-order chi connectivity index (χ0) is 16.3. The van der Waals surface area contributed by atoms with E-state index in [-0.39, 0.29) is 17.9 Å². The van der Waals surface area contributed by atoms with Gasteiger partial charge >= 0.3 is 11.9 Å². The van der Waals surface area contributed by atoms with Gasteiger partial charge in [-0.2, -0.15) is 4.31 Å². The minimum Gasteiger partial charge on any atom is -0.463 e. The van der Waals surface area contributed by atoms with Crippen molar-refractivity contribution in [2.75, 3.05) is 20.2 Å². The number of rotatable bonds is 5. The average Bonchev–Trinajstić information content (AvgIpc) is 2.84. The van der Waals surface area contributed by atoms with Gasteiger partial charge in [-0.1, -0.05) is 11.6 Å². The lowest BCUT2D eigenvalue weighted by molar-refractivity contribution is -0.160. The first-order valence-corrected chi connectivity index (χ1v) is 8.20. The van der Waals surface area contributed by atoms with E-state index in [1.54, 1.807) is 0 Å². The van der Waals surface area contributed by atoms with Crippen LogP contribution < -0.4 is 0 Å². The highest BCUT2D eigenvalue weighted by Gasteiger charge is 2.31. The maximum Gasteiger partial charge on any atom is 0.347 e. The largest absolute Gasteiger partial charge is 0.463 e. The van der Waals surface area contributed by atoms with E-state index in [1.807, 2.05) is 0 Å². The van der Waals surface area contributed by atoms with Gasteiger partial charge in [0, 0.05) is 18.5 Å². The van der Waals surface area contributed by atoms with Crippen molar-refractivity contribution in [1.29, 1.82) is 0 Å². The molecule has 7 nitrogen and oxygen atoms in total. The van der Waals surface area contributed by atoms with E-state index in [2.05, 4.69) is 4.74 Å². The summed E-state index contributed by atoms with van der Waals surface area (Å²) in [5, 5.41) is 0.403. The van der Waals surface area contributed by atoms with Crippen molar-refractivity contribution >= 4 is 33.6 Å². The molecule has 1 saturated heterocycles. The number of ether oxygens (including phenoxy) is 2. The molecule has 1 aromatic carbocycles. The molecule has 120 valence electrons. The predicted octanol–water partition coefficient (Wildman–Crippen LogP) is 0.819. The van der Waals surface area contributed by atoms with Gasteiger partial charge in [0.15, 0.2) is 0 Å². The third-order valence-corrected chi connectivity index (χ3v) is 5.10. The van der Waals surface area contributed by atoms with Crippen molar-refractivity contribution in [3.05, 3.63) is 29.3 Å². The molecular formula is C13H14ClNO6S. The number of halogens is 1. The van der Waals surface area contributed by atoms with Crippen molar-refractivity contribution in [2.45, 2.75) is 17.4 Å². The van der Waals surface area contributed by atoms with E-state index in [4.69, 9.17) is 16.3 Å². The molecule has 0 aromatic heterocycles. The van der Waals surface area contributed by atoms with E-state index in [1.165, 1.54) is 31.3 Å². The molecule has 2 rings (SSSR count). The summed E-state index contributed by atoms with van der Waals surface area (Å²) in [5.74, 6) is -1.43. The first-order chi connectivity index (χ1) is 10.3. The minimum absolute atomic E-state index is 0.00692. The smallest absolute Gasteiger partial charge is 0.347 e. The fourth-order valence-corrected chi connectivity index (χ4v) is 3.07. The lowest BCUT2D eigenvalue weighted by Gasteiger charge is -2.17. The third kappa shape index (κ3) is 3.76. The van der Waals surface area contributed by atoms with Crippen LogP contribution in [0.15, 0.2) is 29.2 Å². The average molecular weight is 348 g/mol. The Morgan fingerprint density at radius 3 is 2.59 bits per heavy atom. The minimum atomic E-state index is -3.84. The Labute approximate surface area is 132 Å². The monoisotopic (exact) mass is 347 g/mol. The Morgan fingerprint density at radius 1 is 1.41 bits per heavy atom. The lowest BCUT2D eigenvalue weighted by Crippen LogP contribution is -2.35. The maximum absolute atomic E-state index is 12.3. The molecular weight excluding hydrogens is 334 g/mol. The summed E-state index contributed by atoms with van der Waals surface area (Å²) in [6, 6.07) is 5.56. The first-order valence-electron chi connectivity index (χ1n) is 6.39. The summed E-state index contributed by atoms with van der Waals surface area (Å²) < 4.78 is 34.9. The number of nitrogens with zero attached hydrogens (tertiary/aromatic N) is 1. The number of cyclic esters (lactones) is 1. The zero-order valence-electron chi connectivity index (χ0n) is 11.7. The summed E-state index contributed by atoms with van der Waals surface area (Å²) in [5.41, 5.74) is 0. The van der Waals surface area contributed by atoms with Crippen LogP contribution in [-0.2, 0) is 29.1 Å². The van der Waals surface area contributed by atoms with Crippen LogP contribution in [0.25, 0.3) is 0 Å². The van der Waals surface area contributed by atoms with Gasteiger partial charge < -0.3 is 9.47 Å². The number of likely N-dealkylation sites (N-methyl/N-ethyl adjacent to an activating group) is 1. The van der Waals surface area contributed by atoms with Crippen LogP contribution in [0.5, 0.6) is 0 Å². The number of esters is 2. The Kier molecular flexibility index (Phi) is 5.05. The molecule has 0 radical (unpaired) electrons. The number of hydrogen-bond donors (Lipinski definition) is 0. The molecule has 1 aliphatic heterocycles. The summed E-state index contributed by atoms with van der Waals surface area (Å²) in [6.07, 6.45) is -0.683. The van der Waals surface area contributed by atoms with Crippen LogP contribution >= 0.6 is 11.6 Å². The first kappa shape index (κ1) is 16.7. The summed E-state index contributed by atoms with van der Waals surface area (Å²) >= 11 is 5.71. The second kappa shape index (κ2) is 6.64. The fourth-order valence-electron chi connectivity index (χ4n) is 1.83. The molecule has 0 aliphatic carbocycles. The van der Waals surface area contributed by atoms with Crippen molar-refractivity contribution in [3.8, 4) is 0 Å². The topological polar surface area (TPSA) is 90.0 Å². The van der Waals surface area contributed by atoms with Crippen LogP contribution in [0.3, 0.4) is 0 Å². The maximum atomic E-state index is 12.3. The molecule has 0 unspecified atom stereocenters. The molecule has 1 aromatic rings. The van der Waals surface area contributed by atoms with Gasteiger partial charge in [-0.15, -0.1) is 0 Å². The number of carbonyl (C=O) groups is 2. The molecule has 1 aliphatic rings. The Morgan fingerprint density at radius 2 is 2.05 bits per heavy atom. The van der Waals surface area contributed by atoms with Crippen molar-refractivity contribution in [3.63, 3.8) is 0 Å². The van der Waals surface area contributed by atoms with E-state index in [0.29, 0.717) is 5.02 Å². The molecule has 0 saturated carbocycles. The second-order valence-corrected chi connectivity index (χ2v) is 7.13. The van der Waals surface area contributed by atoms with Crippen LogP contribution in [0.1, 0.15) is 6.42 Å². The van der Waals surface area contributed by atoms with E-state index in [9.17, 15) is 18.0 Å². The van der Waals surface area contributed by atoms with Crippen molar-refractivity contribution in [2.24, 2.45) is 0 Å². The SMILES string of the molecule is CN(CC(=O)O[C@@H]1CCOC1=O)S(=O)(=O)c1ccc(Cl)cc1. The van der Waals surface area contributed by atoms with Gasteiger partial charge in [-0.05, 0) is 24.3 Å². The summed E-state index contributed by atoms with van der Waals surface area (Å²) in [6.45, 7) is -0.315. The molecule has 0 bridgehead atoms. The van der Waals surface area contributed by atoms with Gasteiger partial charge in [0.1, 0.15) is 6.54 Å². The lowest BCUT2D eigenvalue weighted by atomic mass is 10.3. The molecule has 0 N–H and O–H groups in total. The van der Waals surface area contributed by atoms with Crippen LogP contribution in [0.4, 0.5) is 0 Å². The predicted molar refractivity (Wildman–Crippen MR) is 76.7 cm³/mol. The van der Waals surface area contributed by atoms with Gasteiger partial charge in [-0.3, -0.25) is 4.79 Å². The highest BCUT2D eigenvalue weighted by atomic mass is 35.5. The molecule has 9 heteroatoms. The number of carbonyl (C=O) groups excluding carboxylic acids is 2. The van der Waals surface area contributed by atoms with Crippen LogP contribution in [-0.4, -0.2) is 51.0 Å². The van der Waals surface area contributed by atoms with E-state index >= 15 is 0 Å². The highest BCUT2D eigenvalue weighted by molar-refractivity contribution is 7.89. The molecule has 0 amide bonds. The fraction of sp³-hybridized carbons (Fsp3) is 0.385. The molecule has 22 heavy (non-hydrogen) atoms. The molecule has 1 atom stereocenters. The third-order valence-electron chi connectivity index (χ3n) is 3.03. The van der Waals surface area contributed by atoms with E-state index in [0.717, 1.165) is 4.31 Å². The molecule has 1 fully saturated rings. The number of sulfonamides is 1. The Balaban J connectivity index is 2.01. The number of benzene rings is 1. The summed E-state index contributed by atoms with van der Waals surface area (Å²) in [7, 11) is -2.59. The van der Waals surface area contributed by atoms with Crippen LogP contribution in [0, 0.1) is 0 Å². The molecule has 1 heterocycles. The van der Waals surface area contributed by atoms with E-state index < -0.39 is 34.6 Å². The van der Waals surface area contributed by atoms with Crippen molar-refractivity contribution in [1.82, 2.24) is 4.31 Å². The van der Waals surface area contributed by atoms with Crippen LogP contribution in [0.2, 0.25) is 5.02 Å². The quantitative estimate of drug-likeness (QED) is 0.732. The van der Waals surface area contributed by atoms with Gasteiger partial charge in [0.05, 0.1) is 11.5 Å². The second-order valence-electron chi connectivity index (χ2n) is 4.65. The molecule has 0 spiro atoms. The van der Waals surface area contributed by atoms with Gasteiger partial charge in [0.25, 0.3) is 0 Å². The van der Waals surface area contributed by atoms with Crippen molar-refractivity contribution < 1.29 is 27.5 Å². The summed E-state index contributed by atoms with van der Waals surface area (Å²) in [4.78, 5) is 22.9. The highest BCUT2D eigenvalue weighted by Crippen LogP contribution is 2.18. The Hall–Kier alpha value is -1.64. The Bertz CT molecular complexity index is 672.